The highest BCUT2D eigenvalue weighted by atomic mass is 16.2. The summed E-state index contributed by atoms with van der Waals surface area (Å²) in [5, 5.41) is 4.31. The third kappa shape index (κ3) is 3.65. The van der Waals surface area contributed by atoms with Crippen molar-refractivity contribution in [2.45, 2.75) is 45.2 Å². The number of rotatable bonds is 5. The van der Waals surface area contributed by atoms with E-state index in [4.69, 9.17) is 0 Å². The number of carbonyl (C=O) groups excluding carboxylic acids is 1. The average molecular weight is 363 g/mol. The minimum absolute atomic E-state index is 0.105. The van der Waals surface area contributed by atoms with Crippen LogP contribution in [0.25, 0.3) is 5.69 Å². The Morgan fingerprint density at radius 1 is 1.15 bits per heavy atom. The molecule has 1 aliphatic heterocycles. The van der Waals surface area contributed by atoms with Crippen molar-refractivity contribution in [1.29, 1.82) is 0 Å². The number of imidazole rings is 1. The van der Waals surface area contributed by atoms with E-state index >= 15 is 0 Å². The molecule has 3 aromatic rings. The van der Waals surface area contributed by atoms with E-state index in [-0.39, 0.29) is 11.9 Å². The second-order valence-electron chi connectivity index (χ2n) is 7.07. The van der Waals surface area contributed by atoms with Crippen LogP contribution in [0.15, 0.2) is 55.1 Å². The highest BCUT2D eigenvalue weighted by Crippen LogP contribution is 2.25. The van der Waals surface area contributed by atoms with Crippen molar-refractivity contribution in [2.24, 2.45) is 0 Å². The number of benzene rings is 1. The van der Waals surface area contributed by atoms with Crippen LogP contribution < -0.4 is 0 Å². The van der Waals surface area contributed by atoms with Crippen LogP contribution in [0.3, 0.4) is 0 Å². The van der Waals surface area contributed by atoms with Crippen molar-refractivity contribution in [3.63, 3.8) is 0 Å². The molecule has 6 nitrogen and oxygen atoms in total. The second kappa shape index (κ2) is 7.78. The summed E-state index contributed by atoms with van der Waals surface area (Å²) in [6.07, 6.45) is 11.7. The van der Waals surface area contributed by atoms with Gasteiger partial charge in [-0.1, -0.05) is 12.1 Å². The van der Waals surface area contributed by atoms with Crippen LogP contribution >= 0.6 is 0 Å². The van der Waals surface area contributed by atoms with E-state index < -0.39 is 0 Å². The number of hydrogen-bond acceptors (Lipinski definition) is 3. The molecule has 0 radical (unpaired) electrons. The van der Waals surface area contributed by atoms with Gasteiger partial charge < -0.3 is 9.47 Å². The average Bonchev–Trinajstić information content (AvgIpc) is 3.38. The number of amides is 1. The van der Waals surface area contributed by atoms with Crippen molar-refractivity contribution in [3.05, 3.63) is 66.5 Å². The van der Waals surface area contributed by atoms with Gasteiger partial charge in [-0.25, -0.2) is 9.67 Å². The Bertz CT molecular complexity index is 899. The first-order valence-corrected chi connectivity index (χ1v) is 9.62. The first-order chi connectivity index (χ1) is 13.2. The number of hydrogen-bond donors (Lipinski definition) is 0. The van der Waals surface area contributed by atoms with Gasteiger partial charge in [0.1, 0.15) is 5.82 Å². The molecule has 1 fully saturated rings. The van der Waals surface area contributed by atoms with Gasteiger partial charge in [-0.3, -0.25) is 4.79 Å². The molecule has 140 valence electrons. The fourth-order valence-corrected chi connectivity index (χ4v) is 3.92. The number of nitrogens with zero attached hydrogens (tertiary/aromatic N) is 5. The molecule has 2 aromatic heterocycles. The Morgan fingerprint density at radius 3 is 2.81 bits per heavy atom. The summed E-state index contributed by atoms with van der Waals surface area (Å²) in [6, 6.07) is 9.87. The SMILES string of the molecule is Cc1nccn1CCC1CCCCN1C(=O)c1ccccc1-n1cccn1. The third-order valence-corrected chi connectivity index (χ3v) is 5.40. The number of aromatic nitrogens is 4. The smallest absolute Gasteiger partial charge is 0.256 e. The second-order valence-corrected chi connectivity index (χ2v) is 7.07. The molecule has 1 unspecified atom stereocenters. The lowest BCUT2D eigenvalue weighted by atomic mass is 9.97. The zero-order valence-electron chi connectivity index (χ0n) is 15.7. The van der Waals surface area contributed by atoms with Crippen LogP contribution in [-0.4, -0.2) is 42.7 Å². The lowest BCUT2D eigenvalue weighted by molar-refractivity contribution is 0.0595. The van der Waals surface area contributed by atoms with Gasteiger partial charge in [0.05, 0.1) is 11.3 Å². The van der Waals surface area contributed by atoms with Gasteiger partial charge in [0, 0.05) is 43.9 Å². The third-order valence-electron chi connectivity index (χ3n) is 5.40. The highest BCUT2D eigenvalue weighted by molar-refractivity contribution is 5.98. The molecule has 0 spiro atoms. The minimum atomic E-state index is 0.105. The number of carbonyl (C=O) groups is 1. The van der Waals surface area contributed by atoms with E-state index in [9.17, 15) is 4.79 Å². The van der Waals surface area contributed by atoms with Crippen LogP contribution in [0, 0.1) is 6.92 Å². The maximum Gasteiger partial charge on any atom is 0.256 e. The van der Waals surface area contributed by atoms with Crippen LogP contribution in [-0.2, 0) is 6.54 Å². The summed E-state index contributed by atoms with van der Waals surface area (Å²) < 4.78 is 3.93. The molecule has 0 aliphatic carbocycles. The van der Waals surface area contributed by atoms with E-state index in [1.807, 2.05) is 55.8 Å². The van der Waals surface area contributed by atoms with Crippen LogP contribution in [0.5, 0.6) is 0 Å². The Balaban J connectivity index is 1.55. The molecule has 4 rings (SSSR count). The fraction of sp³-hybridized carbons (Fsp3) is 0.381. The molecule has 1 aliphatic rings. The number of piperidine rings is 1. The summed E-state index contributed by atoms with van der Waals surface area (Å²) >= 11 is 0. The summed E-state index contributed by atoms with van der Waals surface area (Å²) in [7, 11) is 0. The highest BCUT2D eigenvalue weighted by Gasteiger charge is 2.28. The van der Waals surface area contributed by atoms with Crippen molar-refractivity contribution < 1.29 is 4.79 Å². The minimum Gasteiger partial charge on any atom is -0.336 e. The Labute approximate surface area is 159 Å². The molecule has 1 amide bonds. The van der Waals surface area contributed by atoms with Crippen LogP contribution in [0.1, 0.15) is 41.9 Å². The predicted molar refractivity (Wildman–Crippen MR) is 104 cm³/mol. The molecule has 6 heteroatoms. The summed E-state index contributed by atoms with van der Waals surface area (Å²) in [6.45, 7) is 3.73. The van der Waals surface area contributed by atoms with Gasteiger partial charge in [0.15, 0.2) is 0 Å². The zero-order chi connectivity index (χ0) is 18.6. The van der Waals surface area contributed by atoms with Gasteiger partial charge in [-0.15, -0.1) is 0 Å². The topological polar surface area (TPSA) is 56.0 Å². The van der Waals surface area contributed by atoms with E-state index in [1.165, 1.54) is 6.42 Å². The molecule has 1 atom stereocenters. The van der Waals surface area contributed by atoms with Crippen molar-refractivity contribution in [2.75, 3.05) is 6.54 Å². The molecule has 27 heavy (non-hydrogen) atoms. The molecular weight excluding hydrogens is 338 g/mol. The molecular formula is C21H25N5O. The monoisotopic (exact) mass is 363 g/mol. The zero-order valence-corrected chi connectivity index (χ0v) is 15.7. The van der Waals surface area contributed by atoms with Crippen LogP contribution in [0.2, 0.25) is 0 Å². The number of aryl methyl sites for hydroxylation is 2. The summed E-state index contributed by atoms with van der Waals surface area (Å²) in [5.41, 5.74) is 1.55. The normalized spacial score (nSPS) is 17.2. The quantitative estimate of drug-likeness (QED) is 0.697. The first-order valence-electron chi connectivity index (χ1n) is 9.62. The Hall–Kier alpha value is -2.89. The molecule has 0 N–H and O–H groups in total. The molecule has 1 saturated heterocycles. The summed E-state index contributed by atoms with van der Waals surface area (Å²) in [5.74, 6) is 1.13. The van der Waals surface area contributed by atoms with E-state index in [0.717, 1.165) is 43.9 Å². The maximum atomic E-state index is 13.4. The fourth-order valence-electron chi connectivity index (χ4n) is 3.92. The molecule has 0 saturated carbocycles. The van der Waals surface area contributed by atoms with E-state index in [1.54, 1.807) is 10.9 Å². The lowest BCUT2D eigenvalue weighted by Gasteiger charge is -2.36. The number of para-hydroxylation sites is 1. The lowest BCUT2D eigenvalue weighted by Crippen LogP contribution is -2.44. The van der Waals surface area contributed by atoms with Crippen LogP contribution in [0.4, 0.5) is 0 Å². The van der Waals surface area contributed by atoms with E-state index in [0.29, 0.717) is 5.56 Å². The standard InChI is InChI=1S/C21H25N5O/c1-17-22-12-16-24(17)15-10-18-7-4-5-13-25(18)21(27)19-8-2-3-9-20(19)26-14-6-11-23-26/h2-3,6,8-9,11-12,14,16,18H,4-5,7,10,13,15H2,1H3. The summed E-state index contributed by atoms with van der Waals surface area (Å²) in [4.78, 5) is 19.8. The molecule has 1 aromatic carbocycles. The Morgan fingerprint density at radius 2 is 2.04 bits per heavy atom. The van der Waals surface area contributed by atoms with Crippen molar-refractivity contribution >= 4 is 5.91 Å². The molecule has 0 bridgehead atoms. The number of likely N-dealkylation sites (tertiary alicyclic amines) is 1. The van der Waals surface area contributed by atoms with E-state index in [2.05, 4.69) is 19.5 Å². The van der Waals surface area contributed by atoms with Crippen molar-refractivity contribution in [1.82, 2.24) is 24.2 Å². The first kappa shape index (κ1) is 17.5. The maximum absolute atomic E-state index is 13.4. The van der Waals surface area contributed by atoms with Crippen molar-refractivity contribution in [3.8, 4) is 5.69 Å². The van der Waals surface area contributed by atoms with Gasteiger partial charge in [0.25, 0.3) is 5.91 Å². The predicted octanol–water partition coefficient (Wildman–Crippen LogP) is 3.46. The van der Waals surface area contributed by atoms with Gasteiger partial charge >= 0.3 is 0 Å². The molecule has 3 heterocycles. The van der Waals surface area contributed by atoms with Gasteiger partial charge in [-0.05, 0) is 50.8 Å². The van der Waals surface area contributed by atoms with Gasteiger partial charge in [-0.2, -0.15) is 5.10 Å². The van der Waals surface area contributed by atoms with Gasteiger partial charge in [0.2, 0.25) is 0 Å². The Kier molecular flexibility index (Phi) is 5.05. The largest absolute Gasteiger partial charge is 0.336 e.